The van der Waals surface area contributed by atoms with Gasteiger partial charge in [-0.25, -0.2) is 0 Å². The molecule has 0 heterocycles. The molecule has 0 bridgehead atoms. The second kappa shape index (κ2) is 31.0. The van der Waals surface area contributed by atoms with E-state index in [1.54, 1.807) is 41.5 Å². The monoisotopic (exact) mass is 529 g/mol. The molecule has 0 radical (unpaired) electrons. The third-order valence-corrected chi connectivity index (χ3v) is 5.79. The minimum Gasteiger partial charge on any atom is -0.393 e. The van der Waals surface area contributed by atoms with Gasteiger partial charge < -0.3 is 30.6 Å². The number of rotatable bonds is 6. The predicted molar refractivity (Wildman–Crippen MR) is 159 cm³/mol. The van der Waals surface area contributed by atoms with Crippen LogP contribution in [0.5, 0.6) is 0 Å². The van der Waals surface area contributed by atoms with Crippen molar-refractivity contribution in [1.29, 1.82) is 0 Å². The topological polar surface area (TPSA) is 121 Å². The molecule has 0 aliphatic rings. The van der Waals surface area contributed by atoms with Crippen LogP contribution in [0.3, 0.4) is 0 Å². The largest absolute Gasteiger partial charge is 0.393 e. The van der Waals surface area contributed by atoms with Gasteiger partial charge in [0.05, 0.1) is 36.6 Å². The molecule has 0 saturated carbocycles. The van der Waals surface area contributed by atoms with E-state index in [-0.39, 0.29) is 36.6 Å². The second-order valence-electron chi connectivity index (χ2n) is 11.9. The third kappa shape index (κ3) is 64.2. The van der Waals surface area contributed by atoms with Crippen LogP contribution in [-0.2, 0) is 0 Å². The molecule has 0 fully saturated rings. The van der Waals surface area contributed by atoms with E-state index in [2.05, 4.69) is 0 Å². The average Bonchev–Trinajstić information content (AvgIpc) is 2.69. The average molecular weight is 529 g/mol. The normalized spacial score (nSPS) is 15.5. The Hall–Kier alpha value is -0.240. The van der Waals surface area contributed by atoms with Crippen LogP contribution in [0, 0.1) is 35.5 Å². The maximum absolute atomic E-state index is 8.63. The van der Waals surface area contributed by atoms with Crippen LogP contribution in [0.15, 0.2) is 0 Å². The van der Waals surface area contributed by atoms with Gasteiger partial charge in [-0.3, -0.25) is 0 Å². The summed E-state index contributed by atoms with van der Waals surface area (Å²) in [5, 5.41) is 51.8. The molecule has 0 aromatic rings. The summed E-state index contributed by atoms with van der Waals surface area (Å²) in [6, 6.07) is 0. The van der Waals surface area contributed by atoms with Crippen LogP contribution in [-0.4, -0.2) is 67.3 Å². The Morgan fingerprint density at radius 2 is 0.222 bits per heavy atom. The Balaban J connectivity index is -0.0000000750. The van der Waals surface area contributed by atoms with Gasteiger partial charge in [-0.15, -0.1) is 0 Å². The molecular weight excluding hydrogens is 456 g/mol. The first-order valence-electron chi connectivity index (χ1n) is 13.9. The highest BCUT2D eigenvalue weighted by Gasteiger charge is 2.00. The van der Waals surface area contributed by atoms with Crippen LogP contribution < -0.4 is 0 Å². The summed E-state index contributed by atoms with van der Waals surface area (Å²) in [6.07, 6.45) is -0.889. The molecule has 228 valence electrons. The zero-order valence-corrected chi connectivity index (χ0v) is 27.6. The van der Waals surface area contributed by atoms with Gasteiger partial charge in [0, 0.05) is 0 Å². The van der Waals surface area contributed by atoms with Crippen molar-refractivity contribution in [2.24, 2.45) is 35.5 Å². The Bertz CT molecular complexity index is 243. The lowest BCUT2D eigenvalue weighted by Gasteiger charge is -2.04. The van der Waals surface area contributed by atoms with Gasteiger partial charge in [-0.1, -0.05) is 83.1 Å². The summed E-state index contributed by atoms with van der Waals surface area (Å²) in [5.74, 6) is 2.44. The molecule has 0 rings (SSSR count). The number of hydrogen-bond donors (Lipinski definition) is 6. The molecule has 0 spiro atoms. The second-order valence-corrected chi connectivity index (χ2v) is 11.9. The van der Waals surface area contributed by atoms with Gasteiger partial charge in [-0.2, -0.15) is 0 Å². The Morgan fingerprint density at radius 1 is 0.194 bits per heavy atom. The van der Waals surface area contributed by atoms with Gasteiger partial charge in [0.1, 0.15) is 0 Å². The third-order valence-electron chi connectivity index (χ3n) is 5.79. The van der Waals surface area contributed by atoms with Gasteiger partial charge in [0.25, 0.3) is 0 Å². The number of aliphatic hydroxyl groups is 6. The predicted octanol–water partition coefficient (Wildman–Crippen LogP) is 6.14. The van der Waals surface area contributed by atoms with E-state index in [0.29, 0.717) is 35.5 Å². The van der Waals surface area contributed by atoms with Crippen molar-refractivity contribution in [3.8, 4) is 0 Å². The summed E-state index contributed by atoms with van der Waals surface area (Å²) < 4.78 is 0. The zero-order chi connectivity index (χ0) is 30.9. The van der Waals surface area contributed by atoms with Gasteiger partial charge in [0.15, 0.2) is 0 Å². The summed E-state index contributed by atoms with van der Waals surface area (Å²) >= 11 is 0. The van der Waals surface area contributed by atoms with Crippen molar-refractivity contribution in [3.05, 3.63) is 0 Å². The Labute approximate surface area is 227 Å². The fourth-order valence-electron chi connectivity index (χ4n) is 0. The molecule has 6 heteroatoms. The smallest absolute Gasteiger partial charge is 0.0535 e. The molecule has 6 atom stereocenters. The van der Waals surface area contributed by atoms with Crippen molar-refractivity contribution in [3.63, 3.8) is 0 Å². The minimum absolute atomic E-state index is 0.148. The van der Waals surface area contributed by atoms with E-state index in [1.165, 1.54) is 0 Å². The van der Waals surface area contributed by atoms with E-state index in [0.717, 1.165) is 0 Å². The van der Waals surface area contributed by atoms with Gasteiger partial charge in [-0.05, 0) is 77.0 Å². The maximum atomic E-state index is 8.63. The summed E-state index contributed by atoms with van der Waals surface area (Å²) in [5.41, 5.74) is 0. The molecule has 6 nitrogen and oxygen atoms in total. The summed E-state index contributed by atoms with van der Waals surface area (Å²) in [7, 11) is 0. The molecule has 0 saturated heterocycles. The van der Waals surface area contributed by atoms with E-state index >= 15 is 0 Å². The van der Waals surface area contributed by atoms with Crippen molar-refractivity contribution in [1.82, 2.24) is 0 Å². The van der Waals surface area contributed by atoms with E-state index in [4.69, 9.17) is 30.6 Å². The van der Waals surface area contributed by atoms with Crippen molar-refractivity contribution in [2.75, 3.05) is 0 Å². The Morgan fingerprint density at radius 3 is 0.222 bits per heavy atom. The van der Waals surface area contributed by atoms with Crippen LogP contribution >= 0.6 is 0 Å². The van der Waals surface area contributed by atoms with Gasteiger partial charge >= 0.3 is 0 Å². The SMILES string of the molecule is CC(C)C(C)O.CC(C)C(C)O.CC(C)C(C)O.CC(C)C(C)O.CC(C)C(C)O.CC(C)C(C)O. The molecule has 6 unspecified atom stereocenters. The molecular formula is C30H72O6. The highest BCUT2D eigenvalue weighted by Crippen LogP contribution is 1.99. The van der Waals surface area contributed by atoms with Gasteiger partial charge in [0.2, 0.25) is 0 Å². The van der Waals surface area contributed by atoms with E-state index < -0.39 is 0 Å². The lowest BCUT2D eigenvalue weighted by Crippen LogP contribution is -2.07. The van der Waals surface area contributed by atoms with Crippen LogP contribution in [0.2, 0.25) is 0 Å². The lowest BCUT2D eigenvalue weighted by atomic mass is 10.1. The molecule has 36 heavy (non-hydrogen) atoms. The molecule has 0 amide bonds. The molecule has 0 aliphatic heterocycles. The van der Waals surface area contributed by atoms with E-state index in [1.807, 2.05) is 83.1 Å². The Kier molecular flexibility index (Phi) is 42.0. The molecule has 0 aromatic carbocycles. The van der Waals surface area contributed by atoms with E-state index in [9.17, 15) is 0 Å². The first kappa shape index (κ1) is 48.8. The quantitative estimate of drug-likeness (QED) is 0.246. The summed E-state index contributed by atoms with van der Waals surface area (Å²) in [6.45, 7) is 34.7. The summed E-state index contributed by atoms with van der Waals surface area (Å²) in [4.78, 5) is 0. The van der Waals surface area contributed by atoms with Crippen LogP contribution in [0.25, 0.3) is 0 Å². The highest BCUT2D eigenvalue weighted by molar-refractivity contribution is 4.51. The molecule has 0 aliphatic carbocycles. The maximum Gasteiger partial charge on any atom is 0.0535 e. The van der Waals surface area contributed by atoms with Crippen LogP contribution in [0.4, 0.5) is 0 Å². The zero-order valence-electron chi connectivity index (χ0n) is 27.6. The lowest BCUT2D eigenvalue weighted by molar-refractivity contribution is 0.144. The molecule has 6 N–H and O–H groups in total. The molecule has 0 aromatic heterocycles. The first-order valence-corrected chi connectivity index (χ1v) is 13.9. The fraction of sp³-hybridized carbons (Fsp3) is 1.00. The van der Waals surface area contributed by atoms with Crippen LogP contribution in [0.1, 0.15) is 125 Å². The first-order chi connectivity index (χ1) is 15.9. The number of aliphatic hydroxyl groups excluding tert-OH is 6. The standard InChI is InChI=1S/6C5H12O/c6*1-4(2)5(3)6/h6*4-6H,1-3H3. The van der Waals surface area contributed by atoms with Crippen molar-refractivity contribution in [2.45, 2.75) is 161 Å². The highest BCUT2D eigenvalue weighted by atomic mass is 16.3. The number of hydrogen-bond acceptors (Lipinski definition) is 6. The van der Waals surface area contributed by atoms with Crippen molar-refractivity contribution < 1.29 is 30.6 Å². The minimum atomic E-state index is -0.148. The van der Waals surface area contributed by atoms with Crippen molar-refractivity contribution >= 4 is 0 Å². The fourth-order valence-corrected chi connectivity index (χ4v) is 0.